The molecule has 8 nitrogen and oxygen atoms in total. The van der Waals surface area contributed by atoms with Crippen LogP contribution in [-0.2, 0) is 40.8 Å². The lowest BCUT2D eigenvalue weighted by atomic mass is 10.0. The fourth-order valence-corrected chi connectivity index (χ4v) is 5.33. The Bertz CT molecular complexity index is 1150. The number of hydrogen-bond donors (Lipinski definition) is 1. The van der Waals surface area contributed by atoms with Crippen molar-refractivity contribution >= 4 is 21.8 Å². The molecule has 1 N–H and O–H groups in total. The number of nitrogens with zero attached hydrogens (tertiary/aromatic N) is 4. The second kappa shape index (κ2) is 9.68. The quantitative estimate of drug-likeness (QED) is 0.584. The number of halogens is 6. The number of benzene rings is 1. The van der Waals surface area contributed by atoms with Gasteiger partial charge in [-0.2, -0.15) is 39.9 Å². The van der Waals surface area contributed by atoms with Gasteiger partial charge in [-0.1, -0.05) is 0 Å². The van der Waals surface area contributed by atoms with E-state index in [-0.39, 0.29) is 11.8 Å². The molecule has 194 valence electrons. The molecule has 35 heavy (non-hydrogen) atoms. The average Bonchev–Trinajstić information content (AvgIpc) is 3.11. The average molecular weight is 527 g/mol. The predicted molar refractivity (Wildman–Crippen MR) is 113 cm³/mol. The first-order valence-electron chi connectivity index (χ1n) is 10.4. The minimum Gasteiger partial charge on any atom is -0.304 e. The number of likely N-dealkylation sites (N-methyl/N-ethyl adjacent to an activating group) is 1. The Morgan fingerprint density at radius 2 is 1.71 bits per heavy atom. The molecule has 15 heteroatoms. The predicted octanol–water partition coefficient (Wildman–Crippen LogP) is 2.96. The van der Waals surface area contributed by atoms with Crippen molar-refractivity contribution in [3.63, 3.8) is 0 Å². The van der Waals surface area contributed by atoms with Gasteiger partial charge in [-0.25, -0.2) is 9.03 Å². The molecule has 1 aliphatic rings. The largest absolute Gasteiger partial charge is 0.416 e. The van der Waals surface area contributed by atoms with Crippen LogP contribution in [0.1, 0.15) is 29.5 Å². The summed E-state index contributed by atoms with van der Waals surface area (Å²) in [5.74, 6) is -1.28. The summed E-state index contributed by atoms with van der Waals surface area (Å²) in [6.07, 6.45) is -7.37. The maximum Gasteiger partial charge on any atom is 0.416 e. The Morgan fingerprint density at radius 1 is 1.11 bits per heavy atom. The van der Waals surface area contributed by atoms with E-state index in [2.05, 4.69) is 5.10 Å². The molecule has 1 saturated heterocycles. The SMILES string of the molecule is CN1CCCC(N(c2cnn(C)c2)S(=O)(=O)NC(=O)Cc2cc(C(F)(F)F)cc(C(F)(F)F)c2)C1. The van der Waals surface area contributed by atoms with E-state index in [0.717, 1.165) is 10.8 Å². The molecule has 0 saturated carbocycles. The molecule has 0 bridgehead atoms. The van der Waals surface area contributed by atoms with Crippen LogP contribution in [0.15, 0.2) is 30.6 Å². The van der Waals surface area contributed by atoms with Gasteiger partial charge in [-0.15, -0.1) is 0 Å². The highest BCUT2D eigenvalue weighted by Gasteiger charge is 2.38. The first-order valence-corrected chi connectivity index (χ1v) is 11.8. The van der Waals surface area contributed by atoms with Gasteiger partial charge in [-0.05, 0) is 50.2 Å². The van der Waals surface area contributed by atoms with E-state index in [1.54, 1.807) is 18.8 Å². The summed E-state index contributed by atoms with van der Waals surface area (Å²) < 4.78 is 109. The molecule has 0 aliphatic carbocycles. The minimum absolute atomic E-state index is 0.0676. The highest BCUT2D eigenvalue weighted by atomic mass is 32.2. The van der Waals surface area contributed by atoms with Crippen LogP contribution in [0.3, 0.4) is 0 Å². The van der Waals surface area contributed by atoms with E-state index >= 15 is 0 Å². The van der Waals surface area contributed by atoms with Crippen LogP contribution in [-0.4, -0.2) is 55.2 Å². The zero-order valence-electron chi connectivity index (χ0n) is 18.7. The van der Waals surface area contributed by atoms with Gasteiger partial charge in [0.25, 0.3) is 0 Å². The number of likely N-dealkylation sites (tertiary alicyclic amines) is 1. The number of carbonyl (C=O) groups is 1. The monoisotopic (exact) mass is 527 g/mol. The normalized spacial score (nSPS) is 17.9. The lowest BCUT2D eigenvalue weighted by Crippen LogP contribution is -2.54. The third-order valence-corrected chi connectivity index (χ3v) is 6.90. The molecule has 2 heterocycles. The zero-order chi connectivity index (χ0) is 26.2. The standard InChI is InChI=1S/C20H23F6N5O3S/c1-29-5-3-4-16(11-29)31(17-10-27-30(2)12-17)35(33,34)28-18(32)8-13-6-14(19(21,22)23)9-15(7-13)20(24,25)26/h6-7,9-10,12,16H,3-5,8,11H2,1-2H3,(H,28,32). The Morgan fingerprint density at radius 3 is 2.20 bits per heavy atom. The summed E-state index contributed by atoms with van der Waals surface area (Å²) in [4.78, 5) is 14.4. The molecule has 3 rings (SSSR count). The summed E-state index contributed by atoms with van der Waals surface area (Å²) >= 11 is 0. The molecular weight excluding hydrogens is 504 g/mol. The third-order valence-electron chi connectivity index (χ3n) is 5.39. The van der Waals surface area contributed by atoms with E-state index in [1.165, 1.54) is 17.1 Å². The second-order valence-corrected chi connectivity index (χ2v) is 9.90. The Balaban J connectivity index is 1.88. The summed E-state index contributed by atoms with van der Waals surface area (Å²) in [7, 11) is -1.21. The van der Waals surface area contributed by atoms with Crippen LogP contribution in [0, 0.1) is 0 Å². The lowest BCUT2D eigenvalue weighted by Gasteiger charge is -2.37. The van der Waals surface area contributed by atoms with Crippen molar-refractivity contribution in [2.45, 2.75) is 37.7 Å². The molecule has 1 aromatic heterocycles. The lowest BCUT2D eigenvalue weighted by molar-refractivity contribution is -0.143. The fourth-order valence-electron chi connectivity index (χ4n) is 3.93. The number of carbonyl (C=O) groups excluding carboxylic acids is 1. The number of rotatable bonds is 6. The van der Waals surface area contributed by atoms with E-state index in [9.17, 15) is 39.6 Å². The maximum absolute atomic E-state index is 13.2. The molecule has 1 atom stereocenters. The van der Waals surface area contributed by atoms with Crippen molar-refractivity contribution in [3.05, 3.63) is 47.3 Å². The van der Waals surface area contributed by atoms with Gasteiger partial charge in [-0.3, -0.25) is 9.48 Å². The van der Waals surface area contributed by atoms with Gasteiger partial charge < -0.3 is 4.90 Å². The van der Waals surface area contributed by atoms with Crippen LogP contribution in [0.5, 0.6) is 0 Å². The first-order chi connectivity index (χ1) is 16.1. The number of hydrogen-bond acceptors (Lipinski definition) is 5. The number of amides is 1. The van der Waals surface area contributed by atoms with E-state index in [1.807, 2.05) is 4.90 Å². The van der Waals surface area contributed by atoms with Crippen LogP contribution < -0.4 is 9.03 Å². The summed E-state index contributed by atoms with van der Waals surface area (Å²) in [5.41, 5.74) is -3.67. The Hall–Kier alpha value is -2.81. The molecule has 1 aromatic carbocycles. The fraction of sp³-hybridized carbons (Fsp3) is 0.500. The van der Waals surface area contributed by atoms with Crippen molar-refractivity contribution in [2.75, 3.05) is 24.4 Å². The van der Waals surface area contributed by atoms with Crippen molar-refractivity contribution in [3.8, 4) is 0 Å². The highest BCUT2D eigenvalue weighted by Crippen LogP contribution is 2.36. The van der Waals surface area contributed by atoms with Crippen molar-refractivity contribution in [1.82, 2.24) is 19.4 Å². The molecule has 0 spiro atoms. The van der Waals surface area contributed by atoms with Gasteiger partial charge in [0.1, 0.15) is 0 Å². The van der Waals surface area contributed by atoms with Crippen molar-refractivity contribution in [1.29, 1.82) is 0 Å². The van der Waals surface area contributed by atoms with Crippen LogP contribution >= 0.6 is 0 Å². The number of anilines is 1. The Labute approximate surface area is 197 Å². The van der Waals surface area contributed by atoms with Gasteiger partial charge in [0, 0.05) is 19.8 Å². The van der Waals surface area contributed by atoms with E-state index < -0.39 is 57.6 Å². The molecule has 2 aromatic rings. The van der Waals surface area contributed by atoms with E-state index in [4.69, 9.17) is 0 Å². The van der Waals surface area contributed by atoms with Crippen molar-refractivity contribution in [2.24, 2.45) is 7.05 Å². The van der Waals surface area contributed by atoms with Crippen LogP contribution in [0.2, 0.25) is 0 Å². The zero-order valence-corrected chi connectivity index (χ0v) is 19.5. The van der Waals surface area contributed by atoms with Crippen molar-refractivity contribution < 1.29 is 39.6 Å². The van der Waals surface area contributed by atoms with Crippen LogP contribution in [0.25, 0.3) is 0 Å². The molecule has 1 unspecified atom stereocenters. The number of piperidine rings is 1. The molecule has 1 fully saturated rings. The van der Waals surface area contributed by atoms with Gasteiger partial charge in [0.15, 0.2) is 0 Å². The topological polar surface area (TPSA) is 87.5 Å². The highest BCUT2D eigenvalue weighted by molar-refractivity contribution is 7.91. The number of nitrogens with one attached hydrogen (secondary N) is 1. The second-order valence-electron chi connectivity index (χ2n) is 8.35. The van der Waals surface area contributed by atoms with Gasteiger partial charge in [0.2, 0.25) is 5.91 Å². The number of aromatic nitrogens is 2. The molecule has 0 radical (unpaired) electrons. The molecule has 1 amide bonds. The number of alkyl halides is 6. The number of aryl methyl sites for hydroxylation is 1. The molecule has 1 aliphatic heterocycles. The van der Waals surface area contributed by atoms with Crippen LogP contribution in [0.4, 0.5) is 32.0 Å². The summed E-state index contributed by atoms with van der Waals surface area (Å²) in [5, 5.41) is 3.95. The van der Waals surface area contributed by atoms with Gasteiger partial charge >= 0.3 is 22.6 Å². The molecular formula is C20H23F6N5O3S. The van der Waals surface area contributed by atoms with Gasteiger partial charge in [0.05, 0.1) is 35.5 Å². The smallest absolute Gasteiger partial charge is 0.304 e. The Kier molecular flexibility index (Phi) is 7.41. The summed E-state index contributed by atoms with van der Waals surface area (Å²) in [6.45, 7) is 1.08. The third kappa shape index (κ3) is 6.66. The minimum atomic E-state index is -5.09. The summed E-state index contributed by atoms with van der Waals surface area (Å²) in [6, 6.07) is 0.128. The maximum atomic E-state index is 13.2. The van der Waals surface area contributed by atoms with E-state index in [0.29, 0.717) is 31.5 Å². The first kappa shape index (κ1) is 26.8.